The van der Waals surface area contributed by atoms with Gasteiger partial charge in [0.25, 0.3) is 0 Å². The van der Waals surface area contributed by atoms with Crippen LogP contribution in [0.15, 0.2) is 42.6 Å². The van der Waals surface area contributed by atoms with Crippen LogP contribution in [0.5, 0.6) is 5.75 Å². The van der Waals surface area contributed by atoms with E-state index >= 15 is 0 Å². The van der Waals surface area contributed by atoms with Crippen LogP contribution >= 0.6 is 0 Å². The van der Waals surface area contributed by atoms with Gasteiger partial charge in [0.2, 0.25) is 0 Å². The van der Waals surface area contributed by atoms with Crippen molar-refractivity contribution in [2.75, 3.05) is 19.1 Å². The number of ether oxygens (including phenoxy) is 1. The Morgan fingerprint density at radius 1 is 1.16 bits per heavy atom. The fourth-order valence-corrected chi connectivity index (χ4v) is 1.67. The number of carboxylic acids is 1. The van der Waals surface area contributed by atoms with Gasteiger partial charge < -0.3 is 14.7 Å². The highest BCUT2D eigenvalue weighted by Gasteiger charge is 2.07. The zero-order chi connectivity index (χ0) is 13.8. The van der Waals surface area contributed by atoms with Crippen LogP contribution in [0.4, 0.5) is 11.4 Å². The van der Waals surface area contributed by atoms with E-state index in [1.165, 1.54) is 12.3 Å². The largest absolute Gasteiger partial charge is 0.497 e. The van der Waals surface area contributed by atoms with Crippen molar-refractivity contribution in [2.45, 2.75) is 0 Å². The molecule has 0 unspecified atom stereocenters. The zero-order valence-corrected chi connectivity index (χ0v) is 10.7. The van der Waals surface area contributed by atoms with Crippen LogP contribution in [0, 0.1) is 0 Å². The first-order valence-corrected chi connectivity index (χ1v) is 5.69. The molecule has 98 valence electrons. The van der Waals surface area contributed by atoms with Crippen molar-refractivity contribution in [2.24, 2.45) is 0 Å². The third-order valence-corrected chi connectivity index (χ3v) is 2.81. The number of carboxylic acid groups (broad SMARTS) is 1. The molecule has 0 aliphatic carbocycles. The zero-order valence-electron chi connectivity index (χ0n) is 10.7. The number of pyridine rings is 1. The van der Waals surface area contributed by atoms with Crippen LogP contribution in [0.3, 0.4) is 0 Å². The maximum absolute atomic E-state index is 10.7. The summed E-state index contributed by atoms with van der Waals surface area (Å²) in [6, 6.07) is 10.8. The van der Waals surface area contributed by atoms with Gasteiger partial charge in [-0.1, -0.05) is 0 Å². The minimum absolute atomic E-state index is 0.0341. The summed E-state index contributed by atoms with van der Waals surface area (Å²) in [6.45, 7) is 0. The normalized spacial score (nSPS) is 10.0. The van der Waals surface area contributed by atoms with Gasteiger partial charge in [0.15, 0.2) is 0 Å². The van der Waals surface area contributed by atoms with Crippen LogP contribution in [0.1, 0.15) is 10.5 Å². The number of rotatable bonds is 4. The molecular weight excluding hydrogens is 244 g/mol. The van der Waals surface area contributed by atoms with E-state index in [1.54, 1.807) is 13.2 Å². The van der Waals surface area contributed by atoms with E-state index < -0.39 is 5.97 Å². The maximum atomic E-state index is 10.7. The smallest absolute Gasteiger partial charge is 0.354 e. The molecule has 0 fully saturated rings. The van der Waals surface area contributed by atoms with E-state index in [-0.39, 0.29) is 5.69 Å². The van der Waals surface area contributed by atoms with Gasteiger partial charge in [-0.2, -0.15) is 0 Å². The van der Waals surface area contributed by atoms with Crippen LogP contribution in [0.25, 0.3) is 0 Å². The molecule has 0 radical (unpaired) electrons. The number of methoxy groups -OCH3 is 1. The topological polar surface area (TPSA) is 62.7 Å². The molecule has 0 amide bonds. The third kappa shape index (κ3) is 2.82. The van der Waals surface area contributed by atoms with Gasteiger partial charge in [0, 0.05) is 12.7 Å². The Bertz CT molecular complexity index is 564. The highest BCUT2D eigenvalue weighted by Crippen LogP contribution is 2.24. The van der Waals surface area contributed by atoms with E-state index in [9.17, 15) is 4.79 Å². The van der Waals surface area contributed by atoms with Crippen LogP contribution < -0.4 is 9.64 Å². The molecule has 0 saturated heterocycles. The Hall–Kier alpha value is -2.56. The molecule has 1 aromatic carbocycles. The molecule has 2 aromatic rings. The van der Waals surface area contributed by atoms with Crippen molar-refractivity contribution < 1.29 is 14.6 Å². The molecule has 0 spiro atoms. The Balaban J connectivity index is 2.22. The predicted octanol–water partition coefficient (Wildman–Crippen LogP) is 2.56. The standard InChI is InChI=1S/C14H14N2O3/c1-16(10-3-6-12(19-2)7-4-10)11-5-8-13(14(17)18)15-9-11/h3-9H,1-2H3,(H,17,18). The fourth-order valence-electron chi connectivity index (χ4n) is 1.67. The SMILES string of the molecule is COc1ccc(N(C)c2ccc(C(=O)O)nc2)cc1. The van der Waals surface area contributed by atoms with E-state index in [4.69, 9.17) is 9.84 Å². The summed E-state index contributed by atoms with van der Waals surface area (Å²) in [6.07, 6.45) is 1.54. The first-order chi connectivity index (χ1) is 9.11. The number of aromatic nitrogens is 1. The van der Waals surface area contributed by atoms with Crippen LogP contribution in [-0.4, -0.2) is 30.2 Å². The summed E-state index contributed by atoms with van der Waals surface area (Å²) < 4.78 is 5.10. The summed E-state index contributed by atoms with van der Waals surface area (Å²) in [5.41, 5.74) is 1.81. The van der Waals surface area contributed by atoms with Gasteiger partial charge in [-0.05, 0) is 36.4 Å². The molecule has 0 aliphatic rings. The van der Waals surface area contributed by atoms with Crippen molar-refractivity contribution in [1.82, 2.24) is 4.98 Å². The number of hydrogen-bond donors (Lipinski definition) is 1. The summed E-state index contributed by atoms with van der Waals surface area (Å²) >= 11 is 0. The highest BCUT2D eigenvalue weighted by molar-refractivity contribution is 5.85. The number of benzene rings is 1. The molecule has 0 saturated carbocycles. The van der Waals surface area contributed by atoms with Gasteiger partial charge in [0.05, 0.1) is 19.0 Å². The predicted molar refractivity (Wildman–Crippen MR) is 72.3 cm³/mol. The molecule has 2 rings (SSSR count). The molecule has 1 aromatic heterocycles. The van der Waals surface area contributed by atoms with Crippen LogP contribution in [0.2, 0.25) is 0 Å². The second-order valence-electron chi connectivity index (χ2n) is 3.96. The van der Waals surface area contributed by atoms with Gasteiger partial charge in [-0.3, -0.25) is 0 Å². The van der Waals surface area contributed by atoms with Gasteiger partial charge in [-0.15, -0.1) is 0 Å². The number of nitrogens with zero attached hydrogens (tertiary/aromatic N) is 2. The Morgan fingerprint density at radius 3 is 2.26 bits per heavy atom. The lowest BCUT2D eigenvalue weighted by Gasteiger charge is -2.19. The minimum atomic E-state index is -1.03. The number of hydrogen-bond acceptors (Lipinski definition) is 4. The van der Waals surface area contributed by atoms with Crippen LogP contribution in [-0.2, 0) is 0 Å². The molecule has 1 heterocycles. The van der Waals surface area contributed by atoms with Gasteiger partial charge >= 0.3 is 5.97 Å². The second-order valence-corrected chi connectivity index (χ2v) is 3.96. The monoisotopic (exact) mass is 258 g/mol. The average molecular weight is 258 g/mol. The third-order valence-electron chi connectivity index (χ3n) is 2.81. The molecule has 5 heteroatoms. The van der Waals surface area contributed by atoms with E-state index in [0.29, 0.717) is 0 Å². The Labute approximate surface area is 111 Å². The number of aromatic carboxylic acids is 1. The van der Waals surface area contributed by atoms with Gasteiger partial charge in [0.1, 0.15) is 11.4 Å². The summed E-state index contributed by atoms with van der Waals surface area (Å²) in [5.74, 6) is -0.241. The molecular formula is C14H14N2O3. The van der Waals surface area contributed by atoms with E-state index in [2.05, 4.69) is 4.98 Å². The van der Waals surface area contributed by atoms with E-state index in [0.717, 1.165) is 17.1 Å². The van der Waals surface area contributed by atoms with Gasteiger partial charge in [-0.25, -0.2) is 9.78 Å². The van der Waals surface area contributed by atoms with E-state index in [1.807, 2.05) is 36.2 Å². The lowest BCUT2D eigenvalue weighted by molar-refractivity contribution is 0.0690. The summed E-state index contributed by atoms with van der Waals surface area (Å²) in [5, 5.41) is 8.80. The first kappa shape index (κ1) is 12.9. The Kier molecular flexibility index (Phi) is 3.66. The molecule has 1 N–H and O–H groups in total. The second kappa shape index (κ2) is 5.39. The number of anilines is 2. The molecule has 0 bridgehead atoms. The van der Waals surface area contributed by atoms with Crippen molar-refractivity contribution in [1.29, 1.82) is 0 Å². The molecule has 0 aliphatic heterocycles. The van der Waals surface area contributed by atoms with Crippen molar-refractivity contribution in [3.05, 3.63) is 48.3 Å². The quantitative estimate of drug-likeness (QED) is 0.913. The fraction of sp³-hybridized carbons (Fsp3) is 0.143. The van der Waals surface area contributed by atoms with Crippen molar-refractivity contribution >= 4 is 17.3 Å². The van der Waals surface area contributed by atoms with Crippen molar-refractivity contribution in [3.8, 4) is 5.75 Å². The lowest BCUT2D eigenvalue weighted by Crippen LogP contribution is -2.10. The molecule has 5 nitrogen and oxygen atoms in total. The molecule has 19 heavy (non-hydrogen) atoms. The number of carbonyl (C=O) groups is 1. The Morgan fingerprint density at radius 2 is 1.79 bits per heavy atom. The summed E-state index contributed by atoms with van der Waals surface area (Å²) in [7, 11) is 3.51. The lowest BCUT2D eigenvalue weighted by atomic mass is 10.2. The summed E-state index contributed by atoms with van der Waals surface area (Å²) in [4.78, 5) is 16.5. The maximum Gasteiger partial charge on any atom is 0.354 e. The molecule has 0 atom stereocenters. The highest BCUT2D eigenvalue weighted by atomic mass is 16.5. The van der Waals surface area contributed by atoms with Crippen molar-refractivity contribution in [3.63, 3.8) is 0 Å². The first-order valence-electron chi connectivity index (χ1n) is 5.69. The average Bonchev–Trinajstić information content (AvgIpc) is 2.46. The minimum Gasteiger partial charge on any atom is -0.497 e.